The molecule has 0 aromatic heterocycles. The zero-order chi connectivity index (χ0) is 22.5. The van der Waals surface area contributed by atoms with Crippen LogP contribution in [-0.4, -0.2) is 21.8 Å². The summed E-state index contributed by atoms with van der Waals surface area (Å²) < 4.78 is 12.6. The fraction of sp³-hybridized carbons (Fsp3) is 0.261. The third kappa shape index (κ3) is 4.59. The van der Waals surface area contributed by atoms with Gasteiger partial charge in [-0.2, -0.15) is 0 Å². The van der Waals surface area contributed by atoms with E-state index in [0.717, 1.165) is 5.56 Å². The van der Waals surface area contributed by atoms with Crippen LogP contribution in [0.15, 0.2) is 77.3 Å². The van der Waals surface area contributed by atoms with E-state index >= 15 is 0 Å². The van der Waals surface area contributed by atoms with Gasteiger partial charge in [0.2, 0.25) is 0 Å². The van der Waals surface area contributed by atoms with Gasteiger partial charge in [0.15, 0.2) is 0 Å². The number of nitrogens with zero attached hydrogens (tertiary/aromatic N) is 2. The van der Waals surface area contributed by atoms with Gasteiger partial charge in [0.1, 0.15) is 24.0 Å². The van der Waals surface area contributed by atoms with Crippen molar-refractivity contribution in [3.8, 4) is 5.75 Å². The highest BCUT2D eigenvalue weighted by atomic mass is 32.1. The molecule has 3 rings (SSSR count). The van der Waals surface area contributed by atoms with Crippen LogP contribution in [0.4, 0.5) is 0 Å². The van der Waals surface area contributed by atoms with Crippen molar-refractivity contribution in [3.63, 3.8) is 0 Å². The Morgan fingerprint density at radius 1 is 1.10 bits per heavy atom. The molecule has 0 bridgehead atoms. The van der Waals surface area contributed by atoms with Crippen LogP contribution < -0.4 is 4.74 Å². The first-order chi connectivity index (χ1) is 14.9. The molecule has 8 heteroatoms. The number of esters is 1. The van der Waals surface area contributed by atoms with Gasteiger partial charge in [0, 0.05) is 11.3 Å². The number of para-hydroxylation sites is 1. The Labute approximate surface area is 186 Å². The van der Waals surface area contributed by atoms with Gasteiger partial charge < -0.3 is 9.47 Å². The van der Waals surface area contributed by atoms with Crippen LogP contribution in [0.5, 0.6) is 5.75 Å². The molecule has 7 nitrogen and oxygen atoms in total. The summed E-state index contributed by atoms with van der Waals surface area (Å²) in [5, 5.41) is 12.1. The Hall–Kier alpha value is -3.26. The molecule has 2 aromatic rings. The number of ether oxygens (including phenoxy) is 2. The maximum Gasteiger partial charge on any atom is 0.337 e. The molecule has 0 N–H and O–H groups in total. The summed E-state index contributed by atoms with van der Waals surface area (Å²) in [6.45, 7) is 5.43. The molecule has 31 heavy (non-hydrogen) atoms. The third-order valence-electron chi connectivity index (χ3n) is 5.12. The van der Waals surface area contributed by atoms with Crippen LogP contribution in [-0.2, 0) is 16.1 Å². The Bertz CT molecular complexity index is 1050. The monoisotopic (exact) mass is 440 g/mol. The first-order valence-corrected chi connectivity index (χ1v) is 10.2. The van der Waals surface area contributed by atoms with Crippen molar-refractivity contribution in [2.75, 3.05) is 6.61 Å². The van der Waals surface area contributed by atoms with E-state index in [1.807, 2.05) is 30.3 Å². The SMILES string of the molecule is CCOC(=O)C1=C(C)N(S)C(C)=C([N+](=O)[O-])C1c1ccccc1OCc1ccccc1. The minimum absolute atomic E-state index is 0.139. The summed E-state index contributed by atoms with van der Waals surface area (Å²) in [6, 6.07) is 16.6. The highest BCUT2D eigenvalue weighted by Gasteiger charge is 2.44. The smallest absolute Gasteiger partial charge is 0.337 e. The van der Waals surface area contributed by atoms with Crippen LogP contribution in [0.25, 0.3) is 0 Å². The van der Waals surface area contributed by atoms with Crippen molar-refractivity contribution in [3.05, 3.63) is 98.5 Å². The zero-order valence-corrected chi connectivity index (χ0v) is 18.5. The summed E-state index contributed by atoms with van der Waals surface area (Å²) >= 11 is 4.37. The summed E-state index contributed by atoms with van der Waals surface area (Å²) in [5.41, 5.74) is 2.33. The molecular formula is C23H24N2O5S. The highest BCUT2D eigenvalue weighted by molar-refractivity contribution is 7.78. The number of hydrogen-bond acceptors (Lipinski definition) is 7. The van der Waals surface area contributed by atoms with E-state index in [4.69, 9.17) is 9.47 Å². The van der Waals surface area contributed by atoms with E-state index in [1.165, 1.54) is 4.31 Å². The van der Waals surface area contributed by atoms with E-state index in [2.05, 4.69) is 12.8 Å². The van der Waals surface area contributed by atoms with Crippen LogP contribution in [0.1, 0.15) is 37.8 Å². The van der Waals surface area contributed by atoms with Gasteiger partial charge in [-0.15, -0.1) is 0 Å². The second-order valence-electron chi connectivity index (χ2n) is 7.00. The molecule has 1 atom stereocenters. The fourth-order valence-corrected chi connectivity index (χ4v) is 3.84. The molecular weight excluding hydrogens is 416 g/mol. The van der Waals surface area contributed by atoms with Crippen molar-refractivity contribution in [2.24, 2.45) is 0 Å². The number of allylic oxidation sites excluding steroid dienone is 3. The minimum Gasteiger partial charge on any atom is -0.489 e. The number of hydrogen-bond donors (Lipinski definition) is 1. The lowest BCUT2D eigenvalue weighted by Gasteiger charge is -2.31. The maximum absolute atomic E-state index is 12.9. The number of carbonyl (C=O) groups is 1. The van der Waals surface area contributed by atoms with Crippen LogP contribution in [0.2, 0.25) is 0 Å². The Kier molecular flexibility index (Phi) is 7.02. The van der Waals surface area contributed by atoms with Gasteiger partial charge in [-0.05, 0) is 32.4 Å². The largest absolute Gasteiger partial charge is 0.489 e. The lowest BCUT2D eigenvalue weighted by Crippen LogP contribution is -2.31. The molecule has 1 unspecified atom stereocenters. The first-order valence-electron chi connectivity index (χ1n) is 9.84. The summed E-state index contributed by atoms with van der Waals surface area (Å²) in [4.78, 5) is 24.5. The average Bonchev–Trinajstić information content (AvgIpc) is 2.76. The summed E-state index contributed by atoms with van der Waals surface area (Å²) in [7, 11) is 0. The first kappa shape index (κ1) is 22.4. The van der Waals surface area contributed by atoms with Crippen molar-refractivity contribution >= 4 is 18.8 Å². The summed E-state index contributed by atoms with van der Waals surface area (Å²) in [5.74, 6) is -1.11. The standard InChI is InChI=1S/C23H24N2O5S/c1-4-29-23(26)20-15(2)24(31)16(3)22(25(27)28)21(20)18-12-8-9-13-19(18)30-14-17-10-6-5-7-11-17/h5-13,21,31H,4,14H2,1-3H3. The lowest BCUT2D eigenvalue weighted by molar-refractivity contribution is -0.431. The predicted molar refractivity (Wildman–Crippen MR) is 120 cm³/mol. The molecule has 0 fully saturated rings. The maximum atomic E-state index is 12.9. The van der Waals surface area contributed by atoms with E-state index in [9.17, 15) is 14.9 Å². The summed E-state index contributed by atoms with van der Waals surface area (Å²) in [6.07, 6.45) is 0. The van der Waals surface area contributed by atoms with Gasteiger partial charge in [0.05, 0.1) is 17.1 Å². The third-order valence-corrected chi connectivity index (χ3v) is 5.72. The van der Waals surface area contributed by atoms with E-state index in [1.54, 1.807) is 45.0 Å². The molecule has 0 amide bonds. The van der Waals surface area contributed by atoms with Gasteiger partial charge in [-0.25, -0.2) is 4.79 Å². The molecule has 0 saturated heterocycles. The van der Waals surface area contributed by atoms with Crippen molar-refractivity contribution < 1.29 is 19.2 Å². The normalized spacial score (nSPS) is 16.4. The number of thiol groups is 1. The molecule has 2 aromatic carbocycles. The number of rotatable bonds is 7. The number of nitro groups is 1. The Balaban J connectivity index is 2.12. The van der Waals surface area contributed by atoms with Gasteiger partial charge >= 0.3 is 5.97 Å². The van der Waals surface area contributed by atoms with Crippen LogP contribution >= 0.6 is 12.8 Å². The molecule has 0 saturated carbocycles. The second-order valence-corrected chi connectivity index (χ2v) is 7.40. The molecule has 0 aliphatic carbocycles. The second kappa shape index (κ2) is 9.70. The quantitative estimate of drug-likeness (QED) is 0.287. The van der Waals surface area contributed by atoms with E-state index < -0.39 is 16.8 Å². The van der Waals surface area contributed by atoms with Crippen molar-refractivity contribution in [1.29, 1.82) is 0 Å². The highest BCUT2D eigenvalue weighted by Crippen LogP contribution is 2.45. The fourth-order valence-electron chi connectivity index (χ4n) is 3.63. The van der Waals surface area contributed by atoms with Crippen molar-refractivity contribution in [2.45, 2.75) is 33.3 Å². The molecule has 0 spiro atoms. The lowest BCUT2D eigenvalue weighted by atomic mass is 9.83. The molecule has 1 heterocycles. The van der Waals surface area contributed by atoms with Gasteiger partial charge in [-0.3, -0.25) is 14.4 Å². The number of carbonyl (C=O) groups excluding carboxylic acids is 1. The van der Waals surface area contributed by atoms with E-state index in [0.29, 0.717) is 22.7 Å². The average molecular weight is 441 g/mol. The zero-order valence-electron chi connectivity index (χ0n) is 17.6. The molecule has 1 aliphatic heterocycles. The minimum atomic E-state index is -0.954. The number of benzene rings is 2. The van der Waals surface area contributed by atoms with Crippen molar-refractivity contribution in [1.82, 2.24) is 4.31 Å². The molecule has 0 radical (unpaired) electrons. The van der Waals surface area contributed by atoms with E-state index in [-0.39, 0.29) is 24.5 Å². The Morgan fingerprint density at radius 3 is 2.39 bits per heavy atom. The molecule has 162 valence electrons. The van der Waals surface area contributed by atoms with Gasteiger partial charge in [0.25, 0.3) is 5.70 Å². The van der Waals surface area contributed by atoms with Gasteiger partial charge in [-0.1, -0.05) is 61.3 Å². The Morgan fingerprint density at radius 2 is 1.74 bits per heavy atom. The predicted octanol–water partition coefficient (Wildman–Crippen LogP) is 4.85. The van der Waals surface area contributed by atoms with Crippen LogP contribution in [0, 0.1) is 10.1 Å². The topological polar surface area (TPSA) is 81.9 Å². The van der Waals surface area contributed by atoms with Crippen LogP contribution in [0.3, 0.4) is 0 Å². The molecule has 1 aliphatic rings.